The van der Waals surface area contributed by atoms with Gasteiger partial charge in [0.2, 0.25) is 5.70 Å². The van der Waals surface area contributed by atoms with Crippen molar-refractivity contribution in [2.75, 3.05) is 32.8 Å². The minimum Gasteiger partial charge on any atom is -0.504 e. The van der Waals surface area contributed by atoms with Crippen molar-refractivity contribution in [1.29, 1.82) is 0 Å². The van der Waals surface area contributed by atoms with Crippen molar-refractivity contribution in [3.63, 3.8) is 0 Å². The van der Waals surface area contributed by atoms with Gasteiger partial charge in [0, 0.05) is 26.1 Å². The fourth-order valence-corrected chi connectivity index (χ4v) is 6.68. The minimum atomic E-state index is -0.927. The second-order valence-electron chi connectivity index (χ2n) is 13.0. The maximum atomic E-state index is 10.9. The summed E-state index contributed by atoms with van der Waals surface area (Å²) in [5, 5.41) is 44.3. The summed E-state index contributed by atoms with van der Waals surface area (Å²) >= 11 is 0. The van der Waals surface area contributed by atoms with E-state index in [4.69, 9.17) is 15.2 Å². The smallest absolute Gasteiger partial charge is 0.207 e. The topological polar surface area (TPSA) is 153 Å². The first-order valence-corrected chi connectivity index (χ1v) is 17.1. The summed E-state index contributed by atoms with van der Waals surface area (Å²) in [7, 11) is 0. The summed E-state index contributed by atoms with van der Waals surface area (Å²) in [5.74, 6) is 2.32. The largest absolute Gasteiger partial charge is 0.504 e. The van der Waals surface area contributed by atoms with Crippen molar-refractivity contribution in [1.82, 2.24) is 5.32 Å². The number of aliphatic hydroxyl groups is 5. The monoisotopic (exact) mass is 626 g/mol. The molecule has 1 saturated carbocycles. The molecule has 0 radical (unpaired) electrons. The van der Waals surface area contributed by atoms with E-state index in [0.29, 0.717) is 23.9 Å². The number of aromatic hydroxyl groups is 1. The van der Waals surface area contributed by atoms with Gasteiger partial charge in [-0.3, -0.25) is 0 Å². The molecule has 1 aromatic rings. The van der Waals surface area contributed by atoms with E-state index >= 15 is 0 Å². The van der Waals surface area contributed by atoms with Crippen LogP contribution >= 0.6 is 0 Å². The maximum absolute atomic E-state index is 10.9. The first kappa shape index (κ1) is 35.3. The molecule has 1 fully saturated rings. The predicted molar refractivity (Wildman–Crippen MR) is 179 cm³/mol. The van der Waals surface area contributed by atoms with Crippen molar-refractivity contribution in [2.24, 2.45) is 22.6 Å². The standard InChI is InChI=1S/C36H55N3O6/c1-25(41)20-38-22-31(27-9-6-7-10-27)28-19-32(39-21-28)34(43)24-44-36-17-26(13-15-33(36)42)12-14-30-18-29(23-40)35(45-30)11-5-3-2-4-8-16-37/h13,15,17-19,21,25,27,31,34-35,38,40-41,43,45H,2-12,14,16,20,22-24,37H2,1H3/p+1. The van der Waals surface area contributed by atoms with Gasteiger partial charge in [0.25, 0.3) is 0 Å². The van der Waals surface area contributed by atoms with E-state index in [-0.39, 0.29) is 31.0 Å². The van der Waals surface area contributed by atoms with Gasteiger partial charge in [-0.2, -0.15) is 0 Å². The molecule has 250 valence electrons. The Bertz CT molecular complexity index is 1120. The minimum absolute atomic E-state index is 0.0228. The third-order valence-corrected chi connectivity index (χ3v) is 9.28. The normalized spacial score (nSPS) is 20.5. The highest BCUT2D eigenvalue weighted by molar-refractivity contribution is 5.83. The summed E-state index contributed by atoms with van der Waals surface area (Å²) in [4.78, 5) is 4.52. The number of benzene rings is 1. The third kappa shape index (κ3) is 11.0. The van der Waals surface area contributed by atoms with Gasteiger partial charge in [-0.1, -0.05) is 38.2 Å². The number of rotatable bonds is 21. The number of hydrogen-bond acceptors (Lipinski definition) is 8. The number of aliphatic hydroxyl groups excluding tert-OH is 3. The molecule has 9 heteroatoms. The lowest BCUT2D eigenvalue weighted by Crippen LogP contribution is -2.35. The average Bonchev–Trinajstić information content (AvgIpc) is 3.81. The van der Waals surface area contributed by atoms with Crippen LogP contribution in [0.5, 0.6) is 11.5 Å². The Morgan fingerprint density at radius 1 is 1.13 bits per heavy atom. The number of nitrogens with one attached hydrogen (secondary N) is 1. The molecular formula is C36H56N3O6+. The van der Waals surface area contributed by atoms with Gasteiger partial charge in [-0.15, -0.1) is 16.6 Å². The molecule has 8 N–H and O–H groups in total. The Morgan fingerprint density at radius 3 is 2.67 bits per heavy atom. The highest BCUT2D eigenvalue weighted by Gasteiger charge is 2.39. The van der Waals surface area contributed by atoms with Crippen molar-refractivity contribution in [3.8, 4) is 11.5 Å². The van der Waals surface area contributed by atoms with Crippen LogP contribution in [0, 0.1) is 23.9 Å². The number of allylic oxidation sites excluding steroid dienone is 1. The zero-order valence-corrected chi connectivity index (χ0v) is 27.0. The second kappa shape index (κ2) is 18.6. The van der Waals surface area contributed by atoms with Crippen molar-refractivity contribution in [3.05, 3.63) is 59.2 Å². The van der Waals surface area contributed by atoms with Crippen LogP contribution in [0.25, 0.3) is 0 Å². The number of phenols is 1. The second-order valence-corrected chi connectivity index (χ2v) is 13.0. The van der Waals surface area contributed by atoms with E-state index in [1.165, 1.54) is 38.5 Å². The molecule has 0 bridgehead atoms. The third-order valence-electron chi connectivity index (χ3n) is 9.28. The van der Waals surface area contributed by atoms with Crippen LogP contribution in [0.4, 0.5) is 0 Å². The lowest BCUT2D eigenvalue weighted by molar-refractivity contribution is -0.0552. The Kier molecular flexibility index (Phi) is 14.6. The van der Waals surface area contributed by atoms with Crippen LogP contribution in [-0.4, -0.2) is 82.5 Å². The molecule has 4 unspecified atom stereocenters. The van der Waals surface area contributed by atoms with Crippen LogP contribution in [0.1, 0.15) is 83.1 Å². The van der Waals surface area contributed by atoms with Crippen molar-refractivity contribution >= 4 is 6.21 Å². The molecule has 0 saturated heterocycles. The summed E-state index contributed by atoms with van der Waals surface area (Å²) in [6.45, 7) is 3.87. The molecular weight excluding hydrogens is 570 g/mol. The number of unbranched alkanes of at least 4 members (excludes halogenated alkanes) is 4. The molecule has 2 aliphatic heterocycles. The number of phenolic OH excluding ortho intramolecular Hbond substituents is 1. The fraction of sp³-hybridized carbons (Fsp3) is 0.639. The Morgan fingerprint density at radius 2 is 1.91 bits per heavy atom. The summed E-state index contributed by atoms with van der Waals surface area (Å²) in [6, 6.07) is 5.32. The maximum Gasteiger partial charge on any atom is 0.207 e. The molecule has 45 heavy (non-hydrogen) atoms. The Hall–Kier alpha value is -2.53. The first-order valence-electron chi connectivity index (χ1n) is 17.1. The lowest BCUT2D eigenvalue weighted by atomic mass is 9.81. The zero-order valence-electron chi connectivity index (χ0n) is 27.0. The van der Waals surface area contributed by atoms with E-state index in [1.807, 2.05) is 30.5 Å². The highest BCUT2D eigenvalue weighted by atomic mass is 16.5. The van der Waals surface area contributed by atoms with Gasteiger partial charge in [0.1, 0.15) is 30.9 Å². The van der Waals surface area contributed by atoms with Crippen LogP contribution in [0.3, 0.4) is 0 Å². The quantitative estimate of drug-likeness (QED) is 0.0684. The predicted octanol–water partition coefficient (Wildman–Crippen LogP) is 4.04. The summed E-state index contributed by atoms with van der Waals surface area (Å²) in [5.41, 5.74) is 8.14. The summed E-state index contributed by atoms with van der Waals surface area (Å²) < 4.78 is 10.8. The zero-order chi connectivity index (χ0) is 32.0. The molecule has 4 atom stereocenters. The van der Waals surface area contributed by atoms with Gasteiger partial charge < -0.3 is 41.0 Å². The van der Waals surface area contributed by atoms with E-state index < -0.39 is 12.2 Å². The molecule has 2 heterocycles. The van der Waals surface area contributed by atoms with Gasteiger partial charge in [-0.05, 0) is 75.6 Å². The van der Waals surface area contributed by atoms with E-state index in [9.17, 15) is 20.4 Å². The molecule has 0 spiro atoms. The molecule has 1 aliphatic carbocycles. The number of nitrogens with two attached hydrogens (primary N) is 1. The van der Waals surface area contributed by atoms with E-state index in [2.05, 4.69) is 10.3 Å². The number of aryl methyl sites for hydroxylation is 1. The molecule has 3 aliphatic rings. The Labute approximate surface area is 269 Å². The fourth-order valence-electron chi connectivity index (χ4n) is 6.68. The van der Waals surface area contributed by atoms with Crippen molar-refractivity contribution in [2.45, 2.75) is 102 Å². The first-order chi connectivity index (χ1) is 21.9. The molecule has 4 rings (SSSR count). The average molecular weight is 627 g/mol. The van der Waals surface area contributed by atoms with Crippen LogP contribution in [0.2, 0.25) is 0 Å². The number of hydrogen-bond donors (Lipinski definition) is 6. The molecule has 1 aromatic carbocycles. The van der Waals surface area contributed by atoms with Gasteiger partial charge in [0.15, 0.2) is 17.6 Å². The number of nitrogens with zero attached hydrogens (tertiary/aromatic N) is 1. The van der Waals surface area contributed by atoms with Gasteiger partial charge >= 0.3 is 0 Å². The van der Waals surface area contributed by atoms with E-state index in [0.717, 1.165) is 74.8 Å². The van der Waals surface area contributed by atoms with Crippen LogP contribution in [-0.2, 0) is 6.42 Å². The number of ether oxygens (including phenoxy) is 2. The molecule has 0 aromatic heterocycles. The number of aliphatic imine (C=N–C) groups is 1. The van der Waals surface area contributed by atoms with Crippen LogP contribution < -0.4 is 15.8 Å². The van der Waals surface area contributed by atoms with E-state index in [1.54, 1.807) is 13.0 Å². The lowest BCUT2D eigenvalue weighted by Gasteiger charge is -2.22. The van der Waals surface area contributed by atoms with Crippen molar-refractivity contribution < 1.29 is 29.9 Å². The Balaban J connectivity index is 1.25. The molecule has 0 amide bonds. The SMILES string of the molecule is CC(O)CNCC([C+]1C=NC(C(O)COc2cc(CC[C-]3C=C(CO)C(CCCCCCCN)[OH+]3)ccc2O)=C1)C1CCCC1. The van der Waals surface area contributed by atoms with Gasteiger partial charge in [0.05, 0.1) is 18.1 Å². The summed E-state index contributed by atoms with van der Waals surface area (Å²) in [6.07, 6.45) is 18.6. The molecule has 9 nitrogen and oxygen atoms in total. The van der Waals surface area contributed by atoms with Gasteiger partial charge in [-0.25, -0.2) is 0 Å². The van der Waals surface area contributed by atoms with Crippen LogP contribution in [0.15, 0.2) is 46.6 Å². The highest BCUT2D eigenvalue weighted by Crippen LogP contribution is 2.38.